The Morgan fingerprint density at radius 3 is 2.62 bits per heavy atom. The number of aromatic nitrogens is 1. The van der Waals surface area contributed by atoms with Crippen molar-refractivity contribution in [1.29, 1.82) is 0 Å². The standard InChI is InChI=1S/C13H23N3/c1-5-16(13(3,4)10-14)9-12-11(2)7-6-8-15-12/h6-8H,5,9-10,14H2,1-4H3. The van der Waals surface area contributed by atoms with Crippen molar-refractivity contribution in [3.05, 3.63) is 29.6 Å². The van der Waals surface area contributed by atoms with E-state index in [9.17, 15) is 0 Å². The third-order valence-electron chi connectivity index (χ3n) is 3.20. The smallest absolute Gasteiger partial charge is 0.0573 e. The molecule has 0 saturated carbocycles. The van der Waals surface area contributed by atoms with Crippen molar-refractivity contribution >= 4 is 0 Å². The first kappa shape index (κ1) is 13.1. The zero-order valence-corrected chi connectivity index (χ0v) is 10.8. The van der Waals surface area contributed by atoms with Crippen molar-refractivity contribution in [2.45, 2.75) is 39.8 Å². The van der Waals surface area contributed by atoms with Gasteiger partial charge in [0.25, 0.3) is 0 Å². The van der Waals surface area contributed by atoms with E-state index in [0.717, 1.165) is 18.8 Å². The van der Waals surface area contributed by atoms with E-state index in [1.807, 2.05) is 12.3 Å². The average molecular weight is 221 g/mol. The van der Waals surface area contributed by atoms with Gasteiger partial charge >= 0.3 is 0 Å². The lowest BCUT2D eigenvalue weighted by atomic mass is 10.0. The van der Waals surface area contributed by atoms with E-state index < -0.39 is 0 Å². The first-order valence-corrected chi connectivity index (χ1v) is 5.87. The molecule has 0 saturated heterocycles. The van der Waals surface area contributed by atoms with E-state index in [0.29, 0.717) is 6.54 Å². The van der Waals surface area contributed by atoms with Gasteiger partial charge in [-0.3, -0.25) is 9.88 Å². The maximum absolute atomic E-state index is 5.81. The molecule has 0 aliphatic heterocycles. The number of aryl methyl sites for hydroxylation is 1. The van der Waals surface area contributed by atoms with Crippen molar-refractivity contribution < 1.29 is 0 Å². The first-order valence-electron chi connectivity index (χ1n) is 5.87. The van der Waals surface area contributed by atoms with E-state index in [-0.39, 0.29) is 5.54 Å². The van der Waals surface area contributed by atoms with Crippen LogP contribution in [-0.4, -0.2) is 28.5 Å². The van der Waals surface area contributed by atoms with Gasteiger partial charge in [0.05, 0.1) is 5.69 Å². The van der Waals surface area contributed by atoms with Gasteiger partial charge < -0.3 is 5.73 Å². The number of nitrogens with two attached hydrogens (primary N) is 1. The highest BCUT2D eigenvalue weighted by molar-refractivity contribution is 5.17. The van der Waals surface area contributed by atoms with Crippen molar-refractivity contribution in [2.24, 2.45) is 5.73 Å². The highest BCUT2D eigenvalue weighted by atomic mass is 15.2. The molecule has 0 fully saturated rings. The second-order valence-electron chi connectivity index (χ2n) is 4.80. The monoisotopic (exact) mass is 221 g/mol. The highest BCUT2D eigenvalue weighted by Crippen LogP contribution is 2.16. The van der Waals surface area contributed by atoms with Crippen molar-refractivity contribution in [3.8, 4) is 0 Å². The molecule has 90 valence electrons. The molecule has 0 aromatic carbocycles. The molecule has 16 heavy (non-hydrogen) atoms. The lowest BCUT2D eigenvalue weighted by molar-refractivity contribution is 0.124. The van der Waals surface area contributed by atoms with Gasteiger partial charge in [-0.1, -0.05) is 13.0 Å². The molecule has 0 spiro atoms. The molecule has 0 atom stereocenters. The molecule has 2 N–H and O–H groups in total. The van der Waals surface area contributed by atoms with Crippen molar-refractivity contribution in [3.63, 3.8) is 0 Å². The van der Waals surface area contributed by atoms with Gasteiger partial charge in [0.1, 0.15) is 0 Å². The fourth-order valence-electron chi connectivity index (χ4n) is 1.75. The second kappa shape index (κ2) is 5.41. The Kier molecular flexibility index (Phi) is 4.44. The van der Waals surface area contributed by atoms with Gasteiger partial charge in [0, 0.05) is 24.8 Å². The van der Waals surface area contributed by atoms with Crippen LogP contribution >= 0.6 is 0 Å². The molecule has 0 amide bonds. The zero-order valence-electron chi connectivity index (χ0n) is 10.8. The minimum atomic E-state index is 0.0265. The summed E-state index contributed by atoms with van der Waals surface area (Å²) in [5.74, 6) is 0. The fraction of sp³-hybridized carbons (Fsp3) is 0.615. The third-order valence-corrected chi connectivity index (χ3v) is 3.20. The molecule has 3 nitrogen and oxygen atoms in total. The fourth-order valence-corrected chi connectivity index (χ4v) is 1.75. The summed E-state index contributed by atoms with van der Waals surface area (Å²) < 4.78 is 0. The molecule has 1 rings (SSSR count). The van der Waals surface area contributed by atoms with E-state index in [2.05, 4.69) is 43.6 Å². The van der Waals surface area contributed by atoms with Crippen LogP contribution in [0.2, 0.25) is 0 Å². The van der Waals surface area contributed by atoms with Gasteiger partial charge in [-0.15, -0.1) is 0 Å². The summed E-state index contributed by atoms with van der Waals surface area (Å²) in [6, 6.07) is 4.08. The van der Waals surface area contributed by atoms with Crippen LogP contribution < -0.4 is 5.73 Å². The summed E-state index contributed by atoms with van der Waals surface area (Å²) in [6.07, 6.45) is 1.85. The summed E-state index contributed by atoms with van der Waals surface area (Å²) in [5, 5.41) is 0. The number of likely N-dealkylation sites (N-methyl/N-ethyl adjacent to an activating group) is 1. The molecule has 0 aliphatic rings. The predicted molar refractivity (Wildman–Crippen MR) is 68.2 cm³/mol. The van der Waals surface area contributed by atoms with Crippen LogP contribution in [-0.2, 0) is 6.54 Å². The Hall–Kier alpha value is -0.930. The molecular formula is C13H23N3. The Bertz CT molecular complexity index is 334. The van der Waals surface area contributed by atoms with Gasteiger partial charge in [0.2, 0.25) is 0 Å². The van der Waals surface area contributed by atoms with Gasteiger partial charge in [-0.2, -0.15) is 0 Å². The Morgan fingerprint density at radius 2 is 2.12 bits per heavy atom. The van der Waals surface area contributed by atoms with E-state index in [1.54, 1.807) is 0 Å². The van der Waals surface area contributed by atoms with Gasteiger partial charge in [0.15, 0.2) is 0 Å². The Morgan fingerprint density at radius 1 is 1.44 bits per heavy atom. The molecular weight excluding hydrogens is 198 g/mol. The van der Waals surface area contributed by atoms with Gasteiger partial charge in [-0.25, -0.2) is 0 Å². The SMILES string of the molecule is CCN(Cc1ncccc1C)C(C)(C)CN. The lowest BCUT2D eigenvalue weighted by Crippen LogP contribution is -2.48. The molecule has 1 aromatic heterocycles. The first-order chi connectivity index (χ1) is 7.51. The van der Waals surface area contributed by atoms with E-state index in [1.165, 1.54) is 5.56 Å². The highest BCUT2D eigenvalue weighted by Gasteiger charge is 2.24. The maximum atomic E-state index is 5.81. The molecule has 3 heteroatoms. The number of rotatable bonds is 5. The third kappa shape index (κ3) is 3.03. The number of hydrogen-bond donors (Lipinski definition) is 1. The van der Waals surface area contributed by atoms with Crippen LogP contribution in [0.15, 0.2) is 18.3 Å². The van der Waals surface area contributed by atoms with Crippen LogP contribution in [0, 0.1) is 6.92 Å². The lowest BCUT2D eigenvalue weighted by Gasteiger charge is -2.37. The largest absolute Gasteiger partial charge is 0.329 e. The summed E-state index contributed by atoms with van der Waals surface area (Å²) in [7, 11) is 0. The van der Waals surface area contributed by atoms with Crippen molar-refractivity contribution in [1.82, 2.24) is 9.88 Å². The quantitative estimate of drug-likeness (QED) is 0.826. The molecule has 0 bridgehead atoms. The van der Waals surface area contributed by atoms with Crippen LogP contribution in [0.1, 0.15) is 32.0 Å². The van der Waals surface area contributed by atoms with Gasteiger partial charge in [-0.05, 0) is 38.9 Å². The van der Waals surface area contributed by atoms with E-state index in [4.69, 9.17) is 5.73 Å². The molecule has 1 aromatic rings. The topological polar surface area (TPSA) is 42.2 Å². The predicted octanol–water partition coefficient (Wildman–Crippen LogP) is 1.95. The van der Waals surface area contributed by atoms with E-state index >= 15 is 0 Å². The number of pyridine rings is 1. The Balaban J connectivity index is 2.82. The van der Waals surface area contributed by atoms with Crippen LogP contribution in [0.4, 0.5) is 0 Å². The minimum absolute atomic E-state index is 0.0265. The summed E-state index contributed by atoms with van der Waals surface area (Å²) in [6.45, 7) is 11.1. The summed E-state index contributed by atoms with van der Waals surface area (Å²) in [5.41, 5.74) is 8.23. The average Bonchev–Trinajstić information content (AvgIpc) is 2.27. The number of hydrogen-bond acceptors (Lipinski definition) is 3. The maximum Gasteiger partial charge on any atom is 0.0573 e. The number of nitrogens with zero attached hydrogens (tertiary/aromatic N) is 2. The summed E-state index contributed by atoms with van der Waals surface area (Å²) in [4.78, 5) is 6.79. The second-order valence-corrected chi connectivity index (χ2v) is 4.80. The van der Waals surface area contributed by atoms with Crippen LogP contribution in [0.5, 0.6) is 0 Å². The Labute approximate surface area is 98.7 Å². The van der Waals surface area contributed by atoms with Crippen molar-refractivity contribution in [2.75, 3.05) is 13.1 Å². The molecule has 1 heterocycles. The molecule has 0 radical (unpaired) electrons. The van der Waals surface area contributed by atoms with Crippen LogP contribution in [0.3, 0.4) is 0 Å². The van der Waals surface area contributed by atoms with Crippen LogP contribution in [0.25, 0.3) is 0 Å². The molecule has 0 aliphatic carbocycles. The normalized spacial score (nSPS) is 12.1. The summed E-state index contributed by atoms with van der Waals surface area (Å²) >= 11 is 0. The minimum Gasteiger partial charge on any atom is -0.329 e. The zero-order chi connectivity index (χ0) is 12.2. The molecule has 0 unspecified atom stereocenters.